The van der Waals surface area contributed by atoms with E-state index in [4.69, 9.17) is 8.83 Å². The minimum Gasteiger partial charge on any atom is -0.463 e. The lowest BCUT2D eigenvalue weighted by molar-refractivity contribution is 0.0742. The molecule has 5 rings (SSSR count). The number of rotatable bonds is 3. The van der Waals surface area contributed by atoms with Gasteiger partial charge in [0, 0.05) is 36.0 Å². The molecule has 10 heteroatoms. The van der Waals surface area contributed by atoms with Crippen LogP contribution in [0.4, 0.5) is 5.82 Å². The Kier molecular flexibility index (Phi) is 5.56. The highest BCUT2D eigenvalue weighted by molar-refractivity contribution is 9.11. The summed E-state index contributed by atoms with van der Waals surface area (Å²) in [7, 11) is 0. The van der Waals surface area contributed by atoms with Crippen LogP contribution in [0.3, 0.4) is 0 Å². The molecule has 1 saturated heterocycles. The first kappa shape index (κ1) is 20.9. The van der Waals surface area contributed by atoms with Gasteiger partial charge in [0.25, 0.3) is 5.91 Å². The molecule has 0 saturated carbocycles. The highest BCUT2D eigenvalue weighted by atomic mass is 79.9. The third-order valence-electron chi connectivity index (χ3n) is 5.30. The quantitative estimate of drug-likeness (QED) is 0.345. The predicted molar refractivity (Wildman–Crippen MR) is 126 cm³/mol. The molecule has 1 aromatic carbocycles. The summed E-state index contributed by atoms with van der Waals surface area (Å²) >= 11 is 6.80. The molecule has 0 unspecified atom stereocenters. The fourth-order valence-corrected chi connectivity index (χ4v) is 5.00. The average molecular weight is 560 g/mol. The van der Waals surface area contributed by atoms with Gasteiger partial charge in [-0.2, -0.15) is 0 Å². The van der Waals surface area contributed by atoms with Crippen molar-refractivity contribution in [3.8, 4) is 11.5 Å². The molecule has 4 heterocycles. The number of piperazine rings is 1. The number of benzene rings is 1. The number of hydrogen-bond acceptors (Lipinski definition) is 7. The lowest BCUT2D eigenvalue weighted by atomic mass is 10.1. The van der Waals surface area contributed by atoms with Crippen LogP contribution in [-0.2, 0) is 0 Å². The third-order valence-corrected chi connectivity index (χ3v) is 6.34. The third kappa shape index (κ3) is 3.95. The van der Waals surface area contributed by atoms with Crippen LogP contribution in [0.1, 0.15) is 10.4 Å². The van der Waals surface area contributed by atoms with Crippen molar-refractivity contribution in [3.05, 3.63) is 73.7 Å². The smallest absolute Gasteiger partial charge is 0.349 e. The van der Waals surface area contributed by atoms with E-state index in [1.807, 2.05) is 24.3 Å². The van der Waals surface area contributed by atoms with Crippen LogP contribution in [-0.4, -0.2) is 47.2 Å². The van der Waals surface area contributed by atoms with Gasteiger partial charge in [-0.3, -0.25) is 4.79 Å². The maximum atomic E-state index is 13.0. The van der Waals surface area contributed by atoms with E-state index in [0.29, 0.717) is 53.1 Å². The Labute approximate surface area is 199 Å². The number of amides is 1. The summed E-state index contributed by atoms with van der Waals surface area (Å²) < 4.78 is 12.2. The first-order valence-electron chi connectivity index (χ1n) is 9.84. The van der Waals surface area contributed by atoms with Gasteiger partial charge in [0.05, 0.1) is 10.7 Å². The number of anilines is 1. The molecule has 1 amide bonds. The zero-order chi connectivity index (χ0) is 22.2. The number of aromatic nitrogens is 2. The van der Waals surface area contributed by atoms with Crippen LogP contribution in [0, 0.1) is 0 Å². The molecule has 8 nitrogen and oxygen atoms in total. The summed E-state index contributed by atoms with van der Waals surface area (Å²) in [6.45, 7) is 2.08. The molecule has 32 heavy (non-hydrogen) atoms. The highest BCUT2D eigenvalue weighted by Gasteiger charge is 2.26. The van der Waals surface area contributed by atoms with E-state index in [1.165, 1.54) is 0 Å². The molecule has 1 aliphatic heterocycles. The largest absolute Gasteiger partial charge is 0.463 e. The topological polar surface area (TPSA) is 92.7 Å². The van der Waals surface area contributed by atoms with Gasteiger partial charge in [-0.1, -0.05) is 15.9 Å². The second-order valence-corrected chi connectivity index (χ2v) is 9.06. The monoisotopic (exact) mass is 558 g/mol. The summed E-state index contributed by atoms with van der Waals surface area (Å²) in [6.07, 6.45) is 1.59. The van der Waals surface area contributed by atoms with Crippen molar-refractivity contribution in [3.63, 3.8) is 0 Å². The van der Waals surface area contributed by atoms with Crippen molar-refractivity contribution in [2.45, 2.75) is 0 Å². The van der Waals surface area contributed by atoms with Gasteiger partial charge in [0.1, 0.15) is 11.3 Å². The molecule has 0 aliphatic carbocycles. The molecule has 3 aromatic heterocycles. The zero-order valence-corrected chi connectivity index (χ0v) is 19.8. The Balaban J connectivity index is 1.30. The minimum atomic E-state index is -0.646. The molecular weight excluding hydrogens is 544 g/mol. The number of nitrogens with zero attached hydrogens (tertiary/aromatic N) is 4. The first-order valence-corrected chi connectivity index (χ1v) is 11.4. The standard InChI is InChI=1S/C22H16Br2N4O4/c23-14-10-13-11-15(22(30)32-20(13)16(24)12-14)21(29)28-7-5-27(6-8-28)19-4-3-17(25-26-19)18-2-1-9-31-18/h1-4,9-12H,5-8H2. The first-order chi connectivity index (χ1) is 15.5. The molecule has 0 spiro atoms. The van der Waals surface area contributed by atoms with Gasteiger partial charge in [-0.05, 0) is 58.4 Å². The van der Waals surface area contributed by atoms with Crippen LogP contribution >= 0.6 is 31.9 Å². The summed E-state index contributed by atoms with van der Waals surface area (Å²) in [5.74, 6) is 1.05. The van der Waals surface area contributed by atoms with Gasteiger partial charge in [-0.15, -0.1) is 10.2 Å². The van der Waals surface area contributed by atoms with Crippen LogP contribution in [0.5, 0.6) is 0 Å². The van der Waals surface area contributed by atoms with Gasteiger partial charge >= 0.3 is 5.63 Å². The molecule has 0 atom stereocenters. The Hall–Kier alpha value is -2.98. The summed E-state index contributed by atoms with van der Waals surface area (Å²) in [5.41, 5.74) is 0.455. The normalized spacial score (nSPS) is 14.2. The van der Waals surface area contributed by atoms with E-state index in [0.717, 1.165) is 10.3 Å². The van der Waals surface area contributed by atoms with Crippen molar-refractivity contribution in [1.29, 1.82) is 0 Å². The Morgan fingerprint density at radius 2 is 1.81 bits per heavy atom. The predicted octanol–water partition coefficient (Wildman–Crippen LogP) is 4.33. The fourth-order valence-electron chi connectivity index (χ4n) is 3.66. The Bertz CT molecular complexity index is 1350. The van der Waals surface area contributed by atoms with Crippen molar-refractivity contribution in [2.75, 3.05) is 31.1 Å². The number of carbonyl (C=O) groups is 1. The molecule has 0 N–H and O–H groups in total. The van der Waals surface area contributed by atoms with Crippen molar-refractivity contribution in [2.24, 2.45) is 0 Å². The summed E-state index contributed by atoms with van der Waals surface area (Å²) in [5, 5.41) is 9.18. The lowest BCUT2D eigenvalue weighted by Gasteiger charge is -2.35. The molecule has 0 bridgehead atoms. The zero-order valence-electron chi connectivity index (χ0n) is 16.6. The fraction of sp³-hybridized carbons (Fsp3) is 0.182. The van der Waals surface area contributed by atoms with E-state index in [-0.39, 0.29) is 11.5 Å². The van der Waals surface area contributed by atoms with E-state index < -0.39 is 5.63 Å². The number of hydrogen-bond donors (Lipinski definition) is 0. The molecule has 162 valence electrons. The van der Waals surface area contributed by atoms with Gasteiger partial charge in [-0.25, -0.2) is 4.79 Å². The highest BCUT2D eigenvalue weighted by Crippen LogP contribution is 2.28. The van der Waals surface area contributed by atoms with Crippen LogP contribution in [0.15, 0.2) is 71.3 Å². The van der Waals surface area contributed by atoms with E-state index >= 15 is 0 Å². The van der Waals surface area contributed by atoms with Gasteiger partial charge in [0.2, 0.25) is 0 Å². The average Bonchev–Trinajstić information content (AvgIpc) is 3.34. The molecule has 1 aliphatic rings. The second-order valence-electron chi connectivity index (χ2n) is 7.29. The molecule has 0 radical (unpaired) electrons. The van der Waals surface area contributed by atoms with Crippen LogP contribution in [0.2, 0.25) is 0 Å². The molecule has 1 fully saturated rings. The number of carbonyl (C=O) groups excluding carboxylic acids is 1. The minimum absolute atomic E-state index is 0.0264. The van der Waals surface area contributed by atoms with Crippen molar-refractivity contribution < 1.29 is 13.6 Å². The van der Waals surface area contributed by atoms with E-state index in [1.54, 1.807) is 29.4 Å². The summed E-state index contributed by atoms with van der Waals surface area (Å²) in [6, 6.07) is 12.6. The van der Waals surface area contributed by atoms with Gasteiger partial charge < -0.3 is 18.6 Å². The van der Waals surface area contributed by atoms with Crippen molar-refractivity contribution in [1.82, 2.24) is 15.1 Å². The second kappa shape index (κ2) is 8.51. The number of halogens is 2. The number of furan rings is 1. The Morgan fingerprint density at radius 3 is 2.50 bits per heavy atom. The Morgan fingerprint density at radius 1 is 1.00 bits per heavy atom. The van der Waals surface area contributed by atoms with Crippen molar-refractivity contribution >= 4 is 54.6 Å². The molecule has 4 aromatic rings. The molecular formula is C22H16Br2N4O4. The van der Waals surface area contributed by atoms with E-state index in [2.05, 4.69) is 47.0 Å². The maximum Gasteiger partial charge on any atom is 0.349 e. The lowest BCUT2D eigenvalue weighted by Crippen LogP contribution is -2.49. The van der Waals surface area contributed by atoms with Gasteiger partial charge in [0.15, 0.2) is 17.2 Å². The van der Waals surface area contributed by atoms with E-state index in [9.17, 15) is 9.59 Å². The SMILES string of the molecule is O=C(c1cc2cc(Br)cc(Br)c2oc1=O)N1CCN(c2ccc(-c3ccco3)nn2)CC1. The maximum absolute atomic E-state index is 13.0. The van der Waals surface area contributed by atoms with Crippen LogP contribution < -0.4 is 10.5 Å². The summed E-state index contributed by atoms with van der Waals surface area (Å²) in [4.78, 5) is 29.2. The number of fused-ring (bicyclic) bond motifs is 1. The van der Waals surface area contributed by atoms with Crippen LogP contribution in [0.25, 0.3) is 22.4 Å².